The molecule has 208 valence electrons. The van der Waals surface area contributed by atoms with Crippen molar-refractivity contribution < 1.29 is 32.1 Å². The van der Waals surface area contributed by atoms with Gasteiger partial charge in [-0.3, -0.25) is 9.29 Å². The first-order valence-corrected chi connectivity index (χ1v) is 12.9. The summed E-state index contributed by atoms with van der Waals surface area (Å²) in [5.41, 5.74) is 0.573. The van der Waals surface area contributed by atoms with Crippen LogP contribution in [0.1, 0.15) is 13.8 Å². The molecule has 3 rings (SSSR count). The van der Waals surface area contributed by atoms with Gasteiger partial charge in [0.1, 0.15) is 40.1 Å². The number of anilines is 1. The zero-order valence-electron chi connectivity index (χ0n) is 21.9. The highest BCUT2D eigenvalue weighted by molar-refractivity contribution is 7.93. The molecule has 0 unspecified atom stereocenters. The number of methoxy groups -OCH3 is 3. The highest BCUT2D eigenvalue weighted by Gasteiger charge is 2.34. The van der Waals surface area contributed by atoms with Crippen molar-refractivity contribution in [3.8, 4) is 34.6 Å². The van der Waals surface area contributed by atoms with Crippen LogP contribution in [0.15, 0.2) is 58.4 Å². The zero-order valence-corrected chi connectivity index (χ0v) is 22.7. The minimum absolute atomic E-state index is 0.126. The standard InChI is InChI=1S/C24H28FN7O6S/c1-14(25)13-27-22(26-3)21(33)15(2)39(34,35)31-24-30-29-23(16-9-7-12-19(28-16)38-6)32(24)20-17(36-4)10-8-11-18(20)37-5/h7-13,15,21,33H,3H2,1-2,4-6H3,(H,30,31)/b14-13+,27-22-/t15-,21+/m1/s1. The lowest BCUT2D eigenvalue weighted by molar-refractivity contribution is 0.238. The average Bonchev–Trinajstić information content (AvgIpc) is 3.34. The molecule has 0 bridgehead atoms. The summed E-state index contributed by atoms with van der Waals surface area (Å²) in [6, 6.07) is 9.92. The predicted molar refractivity (Wildman–Crippen MR) is 144 cm³/mol. The van der Waals surface area contributed by atoms with Crippen LogP contribution in [0.4, 0.5) is 10.3 Å². The first kappa shape index (κ1) is 29.2. The Hall–Kier alpha value is -4.37. The van der Waals surface area contributed by atoms with Crippen LogP contribution in [-0.2, 0) is 10.0 Å². The molecular weight excluding hydrogens is 533 g/mol. The van der Waals surface area contributed by atoms with Crippen molar-refractivity contribution in [3.63, 3.8) is 0 Å². The summed E-state index contributed by atoms with van der Waals surface area (Å²) in [7, 11) is -0.0684. The number of aliphatic hydroxyl groups is 1. The lowest BCUT2D eigenvalue weighted by atomic mass is 10.2. The number of aromatic nitrogens is 4. The van der Waals surface area contributed by atoms with E-state index in [9.17, 15) is 17.9 Å². The van der Waals surface area contributed by atoms with Gasteiger partial charge >= 0.3 is 0 Å². The molecule has 3 aromatic rings. The Bertz CT molecular complexity index is 1480. The number of hydrogen-bond donors (Lipinski definition) is 2. The normalized spacial score (nSPS) is 13.9. The van der Waals surface area contributed by atoms with Gasteiger partial charge in [0.05, 0.1) is 27.5 Å². The third-order valence-electron chi connectivity index (χ3n) is 5.42. The Kier molecular flexibility index (Phi) is 9.32. The smallest absolute Gasteiger partial charge is 0.243 e. The van der Waals surface area contributed by atoms with Gasteiger partial charge in [0.2, 0.25) is 21.9 Å². The molecule has 1 aromatic carbocycles. The molecule has 0 aliphatic heterocycles. The molecule has 39 heavy (non-hydrogen) atoms. The molecule has 0 amide bonds. The number of sulfonamides is 1. The lowest BCUT2D eigenvalue weighted by Crippen LogP contribution is -2.40. The number of hydrogen-bond acceptors (Lipinski definition) is 10. The number of nitrogens with one attached hydrogen (secondary N) is 1. The topological polar surface area (TPSA) is 162 Å². The second kappa shape index (κ2) is 12.4. The van der Waals surface area contributed by atoms with Crippen molar-refractivity contribution in [3.05, 3.63) is 48.4 Å². The number of benzene rings is 1. The number of ether oxygens (including phenoxy) is 3. The molecule has 0 aliphatic rings. The van der Waals surface area contributed by atoms with Gasteiger partial charge in [0.15, 0.2) is 11.7 Å². The Balaban J connectivity index is 2.18. The van der Waals surface area contributed by atoms with E-state index in [2.05, 4.69) is 36.6 Å². The first-order chi connectivity index (χ1) is 18.6. The molecule has 2 N–H and O–H groups in total. The number of allylic oxidation sites excluding steroid dienone is 1. The van der Waals surface area contributed by atoms with Gasteiger partial charge in [-0.2, -0.15) is 0 Å². The Morgan fingerprint density at radius 2 is 1.77 bits per heavy atom. The van der Waals surface area contributed by atoms with Crippen LogP contribution in [0.25, 0.3) is 17.2 Å². The van der Waals surface area contributed by atoms with E-state index in [1.165, 1.54) is 32.8 Å². The minimum Gasteiger partial charge on any atom is -0.494 e. The fraction of sp³-hybridized carbons (Fsp3) is 0.292. The average molecular weight is 562 g/mol. The number of aliphatic hydroxyl groups excluding tert-OH is 1. The number of amidine groups is 1. The molecule has 0 aliphatic carbocycles. The Labute approximate surface area is 224 Å². The number of nitrogens with zero attached hydrogens (tertiary/aromatic N) is 6. The molecule has 2 aromatic heterocycles. The maximum atomic E-state index is 13.4. The SMILES string of the molecule is C=N/C(=N\C=C(/C)F)[C@@H](O)[C@@H](C)S(=O)(=O)Nc1nnc(-c2cccc(OC)n2)n1-c1c(OC)cccc1OC. The summed E-state index contributed by atoms with van der Waals surface area (Å²) < 4.78 is 59.9. The van der Waals surface area contributed by atoms with Crippen molar-refractivity contribution in [2.75, 3.05) is 26.1 Å². The molecule has 0 radical (unpaired) electrons. The molecule has 2 atom stereocenters. The largest absolute Gasteiger partial charge is 0.494 e. The van der Waals surface area contributed by atoms with Crippen molar-refractivity contribution >= 4 is 28.5 Å². The van der Waals surface area contributed by atoms with Gasteiger partial charge in [0, 0.05) is 6.07 Å². The molecule has 15 heteroatoms. The summed E-state index contributed by atoms with van der Waals surface area (Å²) in [4.78, 5) is 11.6. The Morgan fingerprint density at radius 3 is 2.33 bits per heavy atom. The third kappa shape index (κ3) is 6.38. The molecule has 0 spiro atoms. The number of halogens is 1. The summed E-state index contributed by atoms with van der Waals surface area (Å²) in [5.74, 6) is -0.291. The summed E-state index contributed by atoms with van der Waals surface area (Å²) in [6.07, 6.45) is -0.967. The summed E-state index contributed by atoms with van der Waals surface area (Å²) in [6.45, 7) is 5.62. The number of rotatable bonds is 11. The minimum atomic E-state index is -4.39. The van der Waals surface area contributed by atoms with E-state index in [4.69, 9.17) is 14.2 Å². The van der Waals surface area contributed by atoms with Gasteiger partial charge in [-0.1, -0.05) is 12.1 Å². The van der Waals surface area contributed by atoms with Gasteiger partial charge < -0.3 is 19.3 Å². The quantitative estimate of drug-likeness (QED) is 0.265. The number of para-hydroxylation sites is 1. The molecule has 0 saturated heterocycles. The van der Waals surface area contributed by atoms with E-state index in [0.29, 0.717) is 17.2 Å². The summed E-state index contributed by atoms with van der Waals surface area (Å²) in [5, 5.41) is 17.3. The zero-order chi connectivity index (χ0) is 28.7. The van der Waals surface area contributed by atoms with Crippen LogP contribution in [-0.4, -0.2) is 78.5 Å². The van der Waals surface area contributed by atoms with Gasteiger partial charge in [-0.05, 0) is 38.8 Å². The lowest BCUT2D eigenvalue weighted by Gasteiger charge is -2.21. The predicted octanol–water partition coefficient (Wildman–Crippen LogP) is 2.78. The van der Waals surface area contributed by atoms with Gasteiger partial charge in [0.25, 0.3) is 0 Å². The van der Waals surface area contributed by atoms with Crippen LogP contribution in [0.2, 0.25) is 0 Å². The molecular formula is C24H28FN7O6S. The van der Waals surface area contributed by atoms with E-state index in [1.54, 1.807) is 36.4 Å². The van der Waals surface area contributed by atoms with E-state index < -0.39 is 27.2 Å². The van der Waals surface area contributed by atoms with Crippen molar-refractivity contribution in [1.29, 1.82) is 0 Å². The van der Waals surface area contributed by atoms with Crippen molar-refractivity contribution in [2.45, 2.75) is 25.2 Å². The molecule has 13 nitrogen and oxygen atoms in total. The highest BCUT2D eigenvalue weighted by atomic mass is 32.2. The molecule has 0 fully saturated rings. The van der Waals surface area contributed by atoms with E-state index in [-0.39, 0.29) is 29.2 Å². The maximum Gasteiger partial charge on any atom is 0.243 e. The van der Waals surface area contributed by atoms with Crippen molar-refractivity contribution in [1.82, 2.24) is 19.7 Å². The number of pyridine rings is 1. The second-order valence-corrected chi connectivity index (χ2v) is 9.95. The van der Waals surface area contributed by atoms with E-state index >= 15 is 0 Å². The fourth-order valence-corrected chi connectivity index (χ4v) is 4.43. The second-order valence-electron chi connectivity index (χ2n) is 7.92. The van der Waals surface area contributed by atoms with Crippen LogP contribution in [0.5, 0.6) is 17.4 Å². The van der Waals surface area contributed by atoms with Crippen LogP contribution in [0, 0.1) is 0 Å². The molecule has 2 heterocycles. The van der Waals surface area contributed by atoms with Gasteiger partial charge in [-0.25, -0.2) is 27.8 Å². The Morgan fingerprint density at radius 1 is 1.13 bits per heavy atom. The summed E-state index contributed by atoms with van der Waals surface area (Å²) >= 11 is 0. The van der Waals surface area contributed by atoms with Crippen LogP contribution in [0.3, 0.4) is 0 Å². The van der Waals surface area contributed by atoms with Crippen LogP contribution < -0.4 is 18.9 Å². The van der Waals surface area contributed by atoms with E-state index in [0.717, 1.165) is 13.1 Å². The third-order valence-corrected chi connectivity index (χ3v) is 7.12. The fourth-order valence-electron chi connectivity index (χ4n) is 3.40. The van der Waals surface area contributed by atoms with Crippen molar-refractivity contribution in [2.24, 2.45) is 9.98 Å². The highest BCUT2D eigenvalue weighted by Crippen LogP contribution is 2.37. The monoisotopic (exact) mass is 561 g/mol. The first-order valence-electron chi connectivity index (χ1n) is 11.3. The van der Waals surface area contributed by atoms with Gasteiger partial charge in [-0.15, -0.1) is 10.2 Å². The van der Waals surface area contributed by atoms with Crippen LogP contribution >= 0.6 is 0 Å². The number of aliphatic imine (C=N–C) groups is 2. The van der Waals surface area contributed by atoms with E-state index in [1.807, 2.05) is 0 Å². The maximum absolute atomic E-state index is 13.4. The molecule has 0 saturated carbocycles.